The molecule has 4 heteroatoms. The number of hydrogen-bond acceptors (Lipinski definition) is 3. The molecular weight excluding hydrogens is 182 g/mol. The van der Waals surface area contributed by atoms with Gasteiger partial charge in [0.1, 0.15) is 12.2 Å². The van der Waals surface area contributed by atoms with Crippen molar-refractivity contribution in [3.63, 3.8) is 0 Å². The monoisotopic (exact) mass is 193 g/mol. The molecule has 1 heterocycles. The quantitative estimate of drug-likeness (QED) is 0.568. The van der Waals surface area contributed by atoms with Gasteiger partial charge in [0.25, 0.3) is 0 Å². The van der Waals surface area contributed by atoms with Crippen molar-refractivity contribution >= 4 is 12.3 Å². The molecular formula is C10H11NO3. The minimum Gasteiger partial charge on any atom is -0.481 e. The van der Waals surface area contributed by atoms with Crippen LogP contribution in [0.3, 0.4) is 0 Å². The summed E-state index contributed by atoms with van der Waals surface area (Å²) in [6.45, 7) is 1.85. The number of aldehydes is 1. The average Bonchev–Trinajstić information content (AvgIpc) is 2.16. The summed E-state index contributed by atoms with van der Waals surface area (Å²) in [7, 11) is 0. The Morgan fingerprint density at radius 3 is 2.79 bits per heavy atom. The highest BCUT2D eigenvalue weighted by atomic mass is 16.4. The number of rotatable bonds is 4. The van der Waals surface area contributed by atoms with Crippen LogP contribution in [0.2, 0.25) is 0 Å². The highest BCUT2D eigenvalue weighted by molar-refractivity contribution is 5.86. The van der Waals surface area contributed by atoms with Crippen molar-refractivity contribution < 1.29 is 14.7 Å². The molecule has 0 fully saturated rings. The van der Waals surface area contributed by atoms with Gasteiger partial charge in [0, 0.05) is 11.9 Å². The van der Waals surface area contributed by atoms with E-state index < -0.39 is 11.9 Å². The van der Waals surface area contributed by atoms with Crippen LogP contribution in [0, 0.1) is 12.8 Å². The molecule has 0 bridgehead atoms. The molecule has 1 aromatic heterocycles. The van der Waals surface area contributed by atoms with Crippen LogP contribution >= 0.6 is 0 Å². The lowest BCUT2D eigenvalue weighted by Gasteiger charge is -2.04. The van der Waals surface area contributed by atoms with E-state index in [1.165, 1.54) is 0 Å². The van der Waals surface area contributed by atoms with Gasteiger partial charge < -0.3 is 9.90 Å². The van der Waals surface area contributed by atoms with Gasteiger partial charge in [0.2, 0.25) is 0 Å². The highest BCUT2D eigenvalue weighted by Crippen LogP contribution is 2.06. The summed E-state index contributed by atoms with van der Waals surface area (Å²) in [6.07, 6.45) is 2.24. The number of aromatic nitrogens is 1. The topological polar surface area (TPSA) is 67.3 Å². The summed E-state index contributed by atoms with van der Waals surface area (Å²) in [5, 5.41) is 8.64. The molecule has 0 radical (unpaired) electrons. The number of pyridine rings is 1. The third-order valence-electron chi connectivity index (χ3n) is 1.91. The molecule has 1 aromatic rings. The van der Waals surface area contributed by atoms with Crippen LogP contribution in [0.15, 0.2) is 18.3 Å². The molecule has 0 aliphatic carbocycles. The molecule has 1 rings (SSSR count). The van der Waals surface area contributed by atoms with Crippen molar-refractivity contribution in [1.29, 1.82) is 0 Å². The molecule has 0 aromatic carbocycles. The molecule has 0 spiro atoms. The van der Waals surface area contributed by atoms with Crippen LogP contribution in [-0.2, 0) is 16.0 Å². The Hall–Kier alpha value is -1.71. The molecule has 0 amide bonds. The van der Waals surface area contributed by atoms with E-state index in [1.54, 1.807) is 18.3 Å². The standard InChI is InChI=1S/C10H11NO3/c1-7-2-3-8(5-11-7)4-9(6-12)10(13)14/h2-3,5-6,9H,4H2,1H3,(H,13,14). The van der Waals surface area contributed by atoms with Crippen LogP contribution in [0.5, 0.6) is 0 Å². The molecule has 0 aliphatic rings. The van der Waals surface area contributed by atoms with Crippen LogP contribution in [0.1, 0.15) is 11.3 Å². The molecule has 0 saturated heterocycles. The van der Waals surface area contributed by atoms with Crippen LogP contribution in [0.4, 0.5) is 0 Å². The van der Waals surface area contributed by atoms with Gasteiger partial charge >= 0.3 is 5.97 Å². The van der Waals surface area contributed by atoms with Gasteiger partial charge in [-0.05, 0) is 25.0 Å². The Kier molecular flexibility index (Phi) is 3.34. The van der Waals surface area contributed by atoms with Gasteiger partial charge in [0.15, 0.2) is 0 Å². The summed E-state index contributed by atoms with van der Waals surface area (Å²) < 4.78 is 0. The predicted molar refractivity (Wildman–Crippen MR) is 49.9 cm³/mol. The van der Waals surface area contributed by atoms with E-state index >= 15 is 0 Å². The van der Waals surface area contributed by atoms with Crippen LogP contribution in [-0.4, -0.2) is 22.3 Å². The van der Waals surface area contributed by atoms with Crippen molar-refractivity contribution in [2.75, 3.05) is 0 Å². The predicted octanol–water partition coefficient (Wildman–Crippen LogP) is 0.832. The number of hydrogen-bond donors (Lipinski definition) is 1. The second-order valence-electron chi connectivity index (χ2n) is 3.09. The first-order valence-electron chi connectivity index (χ1n) is 4.23. The Balaban J connectivity index is 2.72. The number of nitrogens with zero attached hydrogens (tertiary/aromatic N) is 1. The van der Waals surface area contributed by atoms with Crippen molar-refractivity contribution in [1.82, 2.24) is 4.98 Å². The largest absolute Gasteiger partial charge is 0.481 e. The first-order valence-corrected chi connectivity index (χ1v) is 4.23. The molecule has 1 atom stereocenters. The summed E-state index contributed by atoms with van der Waals surface area (Å²) in [4.78, 5) is 25.0. The van der Waals surface area contributed by atoms with Gasteiger partial charge in [-0.3, -0.25) is 9.78 Å². The molecule has 1 unspecified atom stereocenters. The maximum Gasteiger partial charge on any atom is 0.314 e. The Morgan fingerprint density at radius 1 is 1.64 bits per heavy atom. The van der Waals surface area contributed by atoms with Crippen molar-refractivity contribution in [3.05, 3.63) is 29.6 Å². The van der Waals surface area contributed by atoms with Gasteiger partial charge in [-0.15, -0.1) is 0 Å². The maximum absolute atomic E-state index is 10.6. The Morgan fingerprint density at radius 2 is 2.36 bits per heavy atom. The fourth-order valence-electron chi connectivity index (χ4n) is 1.07. The second kappa shape index (κ2) is 4.50. The number of aryl methyl sites for hydroxylation is 1. The fourth-order valence-corrected chi connectivity index (χ4v) is 1.07. The molecule has 1 N–H and O–H groups in total. The Bertz CT molecular complexity index is 332. The number of carbonyl (C=O) groups excluding carboxylic acids is 1. The van der Waals surface area contributed by atoms with E-state index in [1.807, 2.05) is 6.92 Å². The molecule has 14 heavy (non-hydrogen) atoms. The molecule has 4 nitrogen and oxygen atoms in total. The van der Waals surface area contributed by atoms with E-state index in [9.17, 15) is 9.59 Å². The third kappa shape index (κ3) is 2.65. The number of carboxylic acid groups (broad SMARTS) is 1. The molecule has 0 aliphatic heterocycles. The van der Waals surface area contributed by atoms with Gasteiger partial charge in [-0.2, -0.15) is 0 Å². The van der Waals surface area contributed by atoms with Gasteiger partial charge in [-0.1, -0.05) is 6.07 Å². The lowest BCUT2D eigenvalue weighted by molar-refractivity contribution is -0.143. The number of carboxylic acids is 1. The van der Waals surface area contributed by atoms with Crippen LogP contribution in [0.25, 0.3) is 0 Å². The summed E-state index contributed by atoms with van der Waals surface area (Å²) in [5.41, 5.74) is 1.63. The Labute approximate surface area is 81.6 Å². The maximum atomic E-state index is 10.6. The molecule has 0 saturated carbocycles. The van der Waals surface area contributed by atoms with Crippen molar-refractivity contribution in [2.45, 2.75) is 13.3 Å². The normalized spacial score (nSPS) is 12.1. The highest BCUT2D eigenvalue weighted by Gasteiger charge is 2.16. The fraction of sp³-hybridized carbons (Fsp3) is 0.300. The lowest BCUT2D eigenvalue weighted by Crippen LogP contribution is -2.17. The minimum atomic E-state index is -1.10. The van der Waals surface area contributed by atoms with E-state index in [2.05, 4.69) is 4.98 Å². The SMILES string of the molecule is Cc1ccc(CC(C=O)C(=O)O)cn1. The van der Waals surface area contributed by atoms with E-state index in [-0.39, 0.29) is 6.42 Å². The zero-order valence-corrected chi connectivity index (χ0v) is 7.80. The van der Waals surface area contributed by atoms with Gasteiger partial charge in [-0.25, -0.2) is 0 Å². The van der Waals surface area contributed by atoms with E-state index in [0.29, 0.717) is 6.29 Å². The van der Waals surface area contributed by atoms with Crippen LogP contribution < -0.4 is 0 Å². The van der Waals surface area contributed by atoms with Crippen molar-refractivity contribution in [2.24, 2.45) is 5.92 Å². The zero-order chi connectivity index (χ0) is 10.6. The number of carbonyl (C=O) groups is 2. The van der Waals surface area contributed by atoms with E-state index in [4.69, 9.17) is 5.11 Å². The smallest absolute Gasteiger partial charge is 0.314 e. The average molecular weight is 193 g/mol. The summed E-state index contributed by atoms with van der Waals surface area (Å²) in [6, 6.07) is 3.57. The van der Waals surface area contributed by atoms with E-state index in [0.717, 1.165) is 11.3 Å². The van der Waals surface area contributed by atoms with Crippen molar-refractivity contribution in [3.8, 4) is 0 Å². The second-order valence-corrected chi connectivity index (χ2v) is 3.09. The molecule has 74 valence electrons. The van der Waals surface area contributed by atoms with Gasteiger partial charge in [0.05, 0.1) is 0 Å². The minimum absolute atomic E-state index is 0.201. The summed E-state index contributed by atoms with van der Waals surface area (Å²) in [5.74, 6) is -2.07. The zero-order valence-electron chi connectivity index (χ0n) is 7.80. The number of aliphatic carboxylic acids is 1. The summed E-state index contributed by atoms with van der Waals surface area (Å²) >= 11 is 0. The lowest BCUT2D eigenvalue weighted by atomic mass is 10.0. The first kappa shape index (κ1) is 10.4. The third-order valence-corrected chi connectivity index (χ3v) is 1.91. The first-order chi connectivity index (χ1) is 6.63.